The Morgan fingerprint density at radius 2 is 2.05 bits per heavy atom. The third-order valence-corrected chi connectivity index (χ3v) is 4.07. The summed E-state index contributed by atoms with van der Waals surface area (Å²) in [5, 5.41) is 0. The van der Waals surface area contributed by atoms with Crippen molar-refractivity contribution in [2.75, 3.05) is 20.7 Å². The molecule has 0 saturated carbocycles. The molecule has 19 heavy (non-hydrogen) atoms. The SMILES string of the molecule is CCC(C)(C)N(C)C(CN)c1ccc(OC)c(F)c1. The summed E-state index contributed by atoms with van der Waals surface area (Å²) in [5.41, 5.74) is 6.78. The molecule has 1 rings (SSSR count). The van der Waals surface area contributed by atoms with Crippen LogP contribution < -0.4 is 10.5 Å². The van der Waals surface area contributed by atoms with E-state index in [0.717, 1.165) is 12.0 Å². The Balaban J connectivity index is 3.07. The summed E-state index contributed by atoms with van der Waals surface area (Å²) < 4.78 is 18.7. The van der Waals surface area contributed by atoms with Gasteiger partial charge in [-0.2, -0.15) is 0 Å². The molecule has 108 valence electrons. The van der Waals surface area contributed by atoms with Crippen molar-refractivity contribution in [1.82, 2.24) is 4.90 Å². The summed E-state index contributed by atoms with van der Waals surface area (Å²) in [7, 11) is 3.49. The maximum Gasteiger partial charge on any atom is 0.165 e. The van der Waals surface area contributed by atoms with E-state index in [1.54, 1.807) is 6.07 Å². The first-order valence-electron chi connectivity index (χ1n) is 6.63. The van der Waals surface area contributed by atoms with Crippen LogP contribution in [0.25, 0.3) is 0 Å². The highest BCUT2D eigenvalue weighted by molar-refractivity contribution is 5.31. The second-order valence-corrected chi connectivity index (χ2v) is 5.42. The lowest BCUT2D eigenvalue weighted by Crippen LogP contribution is -2.45. The van der Waals surface area contributed by atoms with Gasteiger partial charge in [0.2, 0.25) is 0 Å². The molecule has 0 aliphatic carbocycles. The molecule has 2 N–H and O–H groups in total. The number of ether oxygens (including phenoxy) is 1. The van der Waals surface area contributed by atoms with Crippen molar-refractivity contribution in [2.24, 2.45) is 5.73 Å². The van der Waals surface area contributed by atoms with Crippen LogP contribution in [0.5, 0.6) is 5.75 Å². The Bertz CT molecular complexity index is 421. The van der Waals surface area contributed by atoms with Crippen molar-refractivity contribution in [3.8, 4) is 5.75 Å². The van der Waals surface area contributed by atoms with E-state index in [-0.39, 0.29) is 23.1 Å². The molecular formula is C15H25FN2O. The van der Waals surface area contributed by atoms with Crippen molar-refractivity contribution in [3.05, 3.63) is 29.6 Å². The van der Waals surface area contributed by atoms with Gasteiger partial charge in [0.25, 0.3) is 0 Å². The zero-order valence-corrected chi connectivity index (χ0v) is 12.5. The number of hydrogen-bond acceptors (Lipinski definition) is 3. The minimum atomic E-state index is -0.346. The second-order valence-electron chi connectivity index (χ2n) is 5.42. The summed E-state index contributed by atoms with van der Waals surface area (Å²) in [5.74, 6) is -0.0851. The van der Waals surface area contributed by atoms with Crippen LogP contribution in [0.2, 0.25) is 0 Å². The summed E-state index contributed by atoms with van der Waals surface area (Å²) in [6.07, 6.45) is 0.999. The molecule has 0 fully saturated rings. The van der Waals surface area contributed by atoms with Gasteiger partial charge in [0, 0.05) is 18.1 Å². The van der Waals surface area contributed by atoms with E-state index < -0.39 is 0 Å². The zero-order valence-electron chi connectivity index (χ0n) is 12.5. The normalized spacial score (nSPS) is 13.7. The third-order valence-electron chi connectivity index (χ3n) is 4.07. The molecule has 0 heterocycles. The molecule has 1 aromatic carbocycles. The van der Waals surface area contributed by atoms with Crippen LogP contribution in [0.1, 0.15) is 38.8 Å². The van der Waals surface area contributed by atoms with E-state index >= 15 is 0 Å². The molecule has 1 atom stereocenters. The Hall–Kier alpha value is -1.13. The van der Waals surface area contributed by atoms with Gasteiger partial charge in [-0.15, -0.1) is 0 Å². The quantitative estimate of drug-likeness (QED) is 0.862. The summed E-state index contributed by atoms with van der Waals surface area (Å²) in [6.45, 7) is 6.91. The number of likely N-dealkylation sites (N-methyl/N-ethyl adjacent to an activating group) is 1. The van der Waals surface area contributed by atoms with Gasteiger partial charge in [0.1, 0.15) is 0 Å². The molecule has 3 nitrogen and oxygen atoms in total. The van der Waals surface area contributed by atoms with Gasteiger partial charge in [-0.25, -0.2) is 4.39 Å². The third kappa shape index (κ3) is 3.45. The van der Waals surface area contributed by atoms with E-state index in [0.29, 0.717) is 6.54 Å². The number of nitrogens with zero attached hydrogens (tertiary/aromatic N) is 1. The minimum absolute atomic E-state index is 0.00430. The van der Waals surface area contributed by atoms with E-state index in [1.807, 2.05) is 13.1 Å². The van der Waals surface area contributed by atoms with Gasteiger partial charge < -0.3 is 10.5 Å². The van der Waals surface area contributed by atoms with Gasteiger partial charge in [-0.3, -0.25) is 4.90 Å². The molecule has 0 bridgehead atoms. The molecule has 0 aliphatic heterocycles. The van der Waals surface area contributed by atoms with Crippen LogP contribution in [0, 0.1) is 5.82 Å². The molecule has 0 amide bonds. The average Bonchev–Trinajstić information content (AvgIpc) is 2.39. The molecule has 4 heteroatoms. The van der Waals surface area contributed by atoms with Crippen molar-refractivity contribution in [3.63, 3.8) is 0 Å². The Labute approximate surface area is 115 Å². The van der Waals surface area contributed by atoms with Crippen LogP contribution in [0.4, 0.5) is 4.39 Å². The van der Waals surface area contributed by atoms with Crippen molar-refractivity contribution < 1.29 is 9.13 Å². The van der Waals surface area contributed by atoms with E-state index in [2.05, 4.69) is 25.7 Å². The maximum atomic E-state index is 13.8. The van der Waals surface area contributed by atoms with E-state index in [9.17, 15) is 4.39 Å². The monoisotopic (exact) mass is 268 g/mol. The molecule has 1 unspecified atom stereocenters. The zero-order chi connectivity index (χ0) is 14.6. The first-order valence-corrected chi connectivity index (χ1v) is 6.63. The van der Waals surface area contributed by atoms with Gasteiger partial charge >= 0.3 is 0 Å². The predicted octanol–water partition coefficient (Wildman–Crippen LogP) is 2.95. The van der Waals surface area contributed by atoms with Crippen molar-refractivity contribution in [2.45, 2.75) is 38.8 Å². The maximum absolute atomic E-state index is 13.8. The highest BCUT2D eigenvalue weighted by Gasteiger charge is 2.28. The van der Waals surface area contributed by atoms with Gasteiger partial charge in [-0.1, -0.05) is 13.0 Å². The van der Waals surface area contributed by atoms with Gasteiger partial charge in [0.15, 0.2) is 11.6 Å². The Morgan fingerprint density at radius 1 is 1.42 bits per heavy atom. The first-order chi connectivity index (χ1) is 8.87. The highest BCUT2D eigenvalue weighted by atomic mass is 19.1. The summed E-state index contributed by atoms with van der Waals surface area (Å²) in [4.78, 5) is 2.20. The number of benzene rings is 1. The fourth-order valence-electron chi connectivity index (χ4n) is 2.08. The van der Waals surface area contributed by atoms with Gasteiger partial charge in [0.05, 0.1) is 7.11 Å². The molecule has 0 aromatic heterocycles. The van der Waals surface area contributed by atoms with E-state index in [4.69, 9.17) is 10.5 Å². The molecule has 0 aliphatic rings. The first kappa shape index (κ1) is 15.9. The number of methoxy groups -OCH3 is 1. The lowest BCUT2D eigenvalue weighted by molar-refractivity contribution is 0.100. The molecule has 0 saturated heterocycles. The Morgan fingerprint density at radius 3 is 2.47 bits per heavy atom. The van der Waals surface area contributed by atoms with Crippen LogP contribution >= 0.6 is 0 Å². The van der Waals surface area contributed by atoms with Crippen LogP contribution in [0.3, 0.4) is 0 Å². The van der Waals surface area contributed by atoms with Crippen LogP contribution in [0.15, 0.2) is 18.2 Å². The largest absolute Gasteiger partial charge is 0.494 e. The average molecular weight is 268 g/mol. The lowest BCUT2D eigenvalue weighted by Gasteiger charge is -2.40. The fraction of sp³-hybridized carbons (Fsp3) is 0.600. The van der Waals surface area contributed by atoms with Crippen molar-refractivity contribution >= 4 is 0 Å². The fourth-order valence-corrected chi connectivity index (χ4v) is 2.08. The minimum Gasteiger partial charge on any atom is -0.494 e. The number of rotatable bonds is 6. The summed E-state index contributed by atoms with van der Waals surface area (Å²) >= 11 is 0. The molecule has 0 spiro atoms. The van der Waals surface area contributed by atoms with Crippen LogP contribution in [-0.2, 0) is 0 Å². The number of nitrogens with two attached hydrogens (primary N) is 1. The number of halogens is 1. The smallest absolute Gasteiger partial charge is 0.165 e. The predicted molar refractivity (Wildman–Crippen MR) is 76.9 cm³/mol. The van der Waals surface area contributed by atoms with Crippen molar-refractivity contribution in [1.29, 1.82) is 0 Å². The molecule has 1 aromatic rings. The Kier molecular flexibility index (Phi) is 5.32. The second kappa shape index (κ2) is 6.35. The standard InChI is InChI=1S/C15H25FN2O/c1-6-15(2,3)18(4)13(10-17)11-7-8-14(19-5)12(16)9-11/h7-9,13H,6,10,17H2,1-5H3. The molecular weight excluding hydrogens is 243 g/mol. The number of hydrogen-bond donors (Lipinski definition) is 1. The lowest BCUT2D eigenvalue weighted by atomic mass is 9.94. The highest BCUT2D eigenvalue weighted by Crippen LogP contribution is 2.30. The topological polar surface area (TPSA) is 38.5 Å². The van der Waals surface area contributed by atoms with Gasteiger partial charge in [-0.05, 0) is 45.0 Å². The van der Waals surface area contributed by atoms with Crippen LogP contribution in [-0.4, -0.2) is 31.1 Å². The summed E-state index contributed by atoms with van der Waals surface area (Å²) in [6, 6.07) is 5.04. The van der Waals surface area contributed by atoms with E-state index in [1.165, 1.54) is 13.2 Å². The molecule has 0 radical (unpaired) electrons.